The van der Waals surface area contributed by atoms with Crippen molar-refractivity contribution in [2.45, 2.75) is 55.0 Å². The molecule has 126 valence electrons. The normalized spacial score (nSPS) is 41.7. The van der Waals surface area contributed by atoms with E-state index in [1.807, 2.05) is 11.8 Å². The largest absolute Gasteiger partial charge is 0.381 e. The molecule has 1 heterocycles. The van der Waals surface area contributed by atoms with Gasteiger partial charge in [-0.25, -0.2) is 0 Å². The molecule has 5 atom stereocenters. The quantitative estimate of drug-likeness (QED) is 0.759. The fourth-order valence-corrected chi connectivity index (χ4v) is 4.69. The van der Waals surface area contributed by atoms with Crippen LogP contribution in [0.3, 0.4) is 0 Å². The minimum Gasteiger partial charge on any atom is -0.381 e. The molecule has 1 saturated carbocycles. The second-order valence-electron chi connectivity index (χ2n) is 6.55. The first-order valence-corrected chi connectivity index (χ1v) is 9.31. The number of rotatable bonds is 5. The Hall–Kier alpha value is 0.215. The van der Waals surface area contributed by atoms with Crippen molar-refractivity contribution < 1.29 is 9.47 Å². The average molecular weight is 327 g/mol. The van der Waals surface area contributed by atoms with Crippen LogP contribution in [-0.2, 0) is 9.47 Å². The van der Waals surface area contributed by atoms with E-state index in [1.54, 1.807) is 14.2 Å². The summed E-state index contributed by atoms with van der Waals surface area (Å²) in [6.45, 7) is 0.904. The SMILES string of the molecule is [B]C1CN(C)C(NC2CC(OC)CC(OC)C2)N(C)C1SC. The van der Waals surface area contributed by atoms with Gasteiger partial charge in [-0.15, -0.1) is 11.8 Å². The van der Waals surface area contributed by atoms with Crippen LogP contribution in [-0.4, -0.2) is 88.7 Å². The van der Waals surface area contributed by atoms with E-state index >= 15 is 0 Å². The zero-order chi connectivity index (χ0) is 16.3. The maximum Gasteiger partial charge on any atom is 0.117 e. The number of methoxy groups -OCH3 is 2. The summed E-state index contributed by atoms with van der Waals surface area (Å²) < 4.78 is 11.2. The van der Waals surface area contributed by atoms with E-state index in [0.717, 1.165) is 25.8 Å². The fourth-order valence-electron chi connectivity index (χ4n) is 3.81. The van der Waals surface area contributed by atoms with Gasteiger partial charge in [0.25, 0.3) is 0 Å². The predicted molar refractivity (Wildman–Crippen MR) is 93.4 cm³/mol. The number of hydrogen-bond donors (Lipinski definition) is 1. The first-order chi connectivity index (χ1) is 10.5. The number of ether oxygens (including phenoxy) is 2. The van der Waals surface area contributed by atoms with E-state index in [-0.39, 0.29) is 24.3 Å². The number of thioether (sulfide) groups is 1. The van der Waals surface area contributed by atoms with Gasteiger partial charge in [0.15, 0.2) is 0 Å². The Labute approximate surface area is 140 Å². The Morgan fingerprint density at radius 2 is 1.68 bits per heavy atom. The average Bonchev–Trinajstić information content (AvgIpc) is 2.51. The van der Waals surface area contributed by atoms with Crippen LogP contribution in [0.4, 0.5) is 0 Å². The van der Waals surface area contributed by atoms with Crippen molar-refractivity contribution in [1.82, 2.24) is 15.1 Å². The molecule has 1 aliphatic heterocycles. The fraction of sp³-hybridized carbons (Fsp3) is 1.00. The van der Waals surface area contributed by atoms with Crippen LogP contribution in [0.15, 0.2) is 0 Å². The summed E-state index contributed by atoms with van der Waals surface area (Å²) >= 11 is 1.82. The zero-order valence-electron chi connectivity index (χ0n) is 14.5. The Morgan fingerprint density at radius 3 is 2.18 bits per heavy atom. The molecule has 2 fully saturated rings. The first kappa shape index (κ1) is 18.6. The highest BCUT2D eigenvalue weighted by Crippen LogP contribution is 2.31. The van der Waals surface area contributed by atoms with Crippen LogP contribution < -0.4 is 5.32 Å². The Bertz CT molecular complexity index is 341. The van der Waals surface area contributed by atoms with E-state index in [4.69, 9.17) is 17.3 Å². The highest BCUT2D eigenvalue weighted by molar-refractivity contribution is 7.99. The molecule has 5 nitrogen and oxygen atoms in total. The molecule has 2 rings (SSSR count). The number of hydrogen-bond acceptors (Lipinski definition) is 6. The minimum atomic E-state index is 0.174. The Balaban J connectivity index is 2.01. The number of nitrogens with one attached hydrogen (secondary N) is 1. The van der Waals surface area contributed by atoms with Gasteiger partial charge in [-0.05, 0) is 52.0 Å². The third-order valence-corrected chi connectivity index (χ3v) is 6.15. The summed E-state index contributed by atoms with van der Waals surface area (Å²) in [5.74, 6) is 0.174. The van der Waals surface area contributed by atoms with E-state index in [2.05, 4.69) is 35.5 Å². The van der Waals surface area contributed by atoms with Crippen molar-refractivity contribution >= 4 is 19.6 Å². The summed E-state index contributed by atoms with van der Waals surface area (Å²) in [5, 5.41) is 4.14. The highest BCUT2D eigenvalue weighted by Gasteiger charge is 2.38. The van der Waals surface area contributed by atoms with Gasteiger partial charge < -0.3 is 9.47 Å². The molecule has 0 aromatic carbocycles. The Kier molecular flexibility index (Phi) is 7.04. The molecule has 0 bridgehead atoms. The Morgan fingerprint density at radius 1 is 1.09 bits per heavy atom. The van der Waals surface area contributed by atoms with Gasteiger partial charge in [0, 0.05) is 20.3 Å². The summed E-state index contributed by atoms with van der Waals surface area (Å²) in [5.41, 5.74) is 0. The summed E-state index contributed by atoms with van der Waals surface area (Å²) in [6, 6.07) is 0.399. The van der Waals surface area contributed by atoms with Crippen molar-refractivity contribution in [1.29, 1.82) is 0 Å². The van der Waals surface area contributed by atoms with Crippen LogP contribution >= 0.6 is 11.8 Å². The van der Waals surface area contributed by atoms with Crippen LogP contribution in [0.2, 0.25) is 5.82 Å². The smallest absolute Gasteiger partial charge is 0.117 e. The topological polar surface area (TPSA) is 37.0 Å². The summed E-state index contributed by atoms with van der Waals surface area (Å²) in [4.78, 5) is 4.65. The summed E-state index contributed by atoms with van der Waals surface area (Å²) in [7, 11) is 14.2. The third-order valence-electron chi connectivity index (χ3n) is 4.98. The molecule has 0 aromatic rings. The monoisotopic (exact) mass is 327 g/mol. The maximum absolute atomic E-state index is 6.28. The predicted octanol–water partition coefficient (Wildman–Crippen LogP) is 0.965. The van der Waals surface area contributed by atoms with E-state index in [1.165, 1.54) is 0 Å². The van der Waals surface area contributed by atoms with Crippen molar-refractivity contribution in [2.24, 2.45) is 0 Å². The van der Waals surface area contributed by atoms with Crippen molar-refractivity contribution in [3.8, 4) is 0 Å². The van der Waals surface area contributed by atoms with Gasteiger partial charge in [-0.1, -0.05) is 0 Å². The molecule has 0 amide bonds. The van der Waals surface area contributed by atoms with Crippen LogP contribution in [0, 0.1) is 0 Å². The molecule has 7 heteroatoms. The van der Waals surface area contributed by atoms with Gasteiger partial charge in [-0.3, -0.25) is 15.1 Å². The molecular formula is C15H30BN3O2S. The third kappa shape index (κ3) is 4.19. The molecule has 5 unspecified atom stereocenters. The second kappa shape index (κ2) is 8.35. The molecule has 1 aliphatic carbocycles. The van der Waals surface area contributed by atoms with Crippen LogP contribution in [0.25, 0.3) is 0 Å². The van der Waals surface area contributed by atoms with Gasteiger partial charge >= 0.3 is 0 Å². The molecule has 1 saturated heterocycles. The van der Waals surface area contributed by atoms with Crippen LogP contribution in [0.5, 0.6) is 0 Å². The van der Waals surface area contributed by atoms with E-state index in [9.17, 15) is 0 Å². The lowest BCUT2D eigenvalue weighted by Gasteiger charge is -2.50. The molecule has 1 N–H and O–H groups in total. The second-order valence-corrected chi connectivity index (χ2v) is 7.51. The standard InChI is InChI=1S/C15H30BN3O2S/c1-18-9-13(16)14(22-5)19(2)15(18)17-10-6-11(20-3)8-12(7-10)21-4/h10-15,17H,6-9H2,1-5H3. The van der Waals surface area contributed by atoms with Gasteiger partial charge in [0.05, 0.1) is 25.4 Å². The molecule has 0 spiro atoms. The maximum atomic E-state index is 6.28. The lowest BCUT2D eigenvalue weighted by molar-refractivity contribution is -0.0467. The van der Waals surface area contributed by atoms with Gasteiger partial charge in [-0.2, -0.15) is 0 Å². The van der Waals surface area contributed by atoms with Gasteiger partial charge in [0.1, 0.15) is 6.29 Å². The van der Waals surface area contributed by atoms with E-state index in [0.29, 0.717) is 11.4 Å². The lowest BCUT2D eigenvalue weighted by Crippen LogP contribution is -2.65. The van der Waals surface area contributed by atoms with Crippen molar-refractivity contribution in [2.75, 3.05) is 41.1 Å². The molecule has 0 aromatic heterocycles. The highest BCUT2D eigenvalue weighted by atomic mass is 32.2. The van der Waals surface area contributed by atoms with Gasteiger partial charge in [0.2, 0.25) is 0 Å². The van der Waals surface area contributed by atoms with Crippen molar-refractivity contribution in [3.05, 3.63) is 0 Å². The molecule has 22 heavy (non-hydrogen) atoms. The van der Waals surface area contributed by atoms with Crippen LogP contribution in [0.1, 0.15) is 19.3 Å². The lowest BCUT2D eigenvalue weighted by atomic mass is 9.84. The minimum absolute atomic E-state index is 0.174. The zero-order valence-corrected chi connectivity index (χ0v) is 15.3. The number of nitrogens with zero attached hydrogens (tertiary/aromatic N) is 2. The molecule has 2 aliphatic rings. The molecule has 2 radical (unpaired) electrons. The van der Waals surface area contributed by atoms with E-state index < -0.39 is 0 Å². The first-order valence-electron chi connectivity index (χ1n) is 8.02. The summed E-state index contributed by atoms with van der Waals surface area (Å²) in [6.07, 6.45) is 5.93. The van der Waals surface area contributed by atoms with Crippen molar-refractivity contribution in [3.63, 3.8) is 0 Å². The molecular weight excluding hydrogens is 297 g/mol.